The van der Waals surface area contributed by atoms with Gasteiger partial charge < -0.3 is 15.0 Å². The highest BCUT2D eigenvalue weighted by Crippen LogP contribution is 2.42. The third-order valence-electron chi connectivity index (χ3n) is 4.28. The van der Waals surface area contributed by atoms with Crippen LogP contribution < -0.4 is 15.0 Å². The van der Waals surface area contributed by atoms with Gasteiger partial charge in [-0.05, 0) is 38.3 Å². The van der Waals surface area contributed by atoms with Gasteiger partial charge in [-0.3, -0.25) is 10.1 Å². The smallest absolute Gasteiger partial charge is 0.333 e. The lowest BCUT2D eigenvalue weighted by molar-refractivity contribution is -0.385. The lowest BCUT2D eigenvalue weighted by atomic mass is 10.0. The van der Waals surface area contributed by atoms with Crippen LogP contribution in [0.25, 0.3) is 0 Å². The highest BCUT2D eigenvalue weighted by atomic mass is 16.6. The van der Waals surface area contributed by atoms with Crippen molar-refractivity contribution in [2.24, 2.45) is 5.92 Å². The summed E-state index contributed by atoms with van der Waals surface area (Å²) in [4.78, 5) is 13.4. The van der Waals surface area contributed by atoms with Crippen molar-refractivity contribution in [3.05, 3.63) is 28.3 Å². The zero-order valence-corrected chi connectivity index (χ0v) is 12.4. The molecule has 114 valence electrons. The number of hydrogen-bond acceptors (Lipinski definition) is 5. The number of nitro benzene ring substituents is 1. The van der Waals surface area contributed by atoms with E-state index in [0.29, 0.717) is 23.4 Å². The molecule has 6 heteroatoms. The molecule has 0 bridgehead atoms. The van der Waals surface area contributed by atoms with Crippen LogP contribution in [0.5, 0.6) is 5.75 Å². The third-order valence-corrected chi connectivity index (χ3v) is 4.28. The second-order valence-electron chi connectivity index (χ2n) is 6.02. The second kappa shape index (κ2) is 5.52. The predicted octanol–water partition coefficient (Wildman–Crippen LogP) is 2.18. The molecule has 1 N–H and O–H groups in total. The number of fused-ring (bicyclic) bond motifs is 1. The SMILES string of the molecule is CC(C)Oc1cccc(N2CC[C@H]3CNC[C@H]32)c1[N+](=O)[O-]. The van der Waals surface area contributed by atoms with Crippen molar-refractivity contribution in [2.75, 3.05) is 24.5 Å². The lowest BCUT2D eigenvalue weighted by Gasteiger charge is -2.26. The van der Waals surface area contributed by atoms with Crippen molar-refractivity contribution in [3.8, 4) is 5.75 Å². The molecule has 0 unspecified atom stereocenters. The topological polar surface area (TPSA) is 67.6 Å². The quantitative estimate of drug-likeness (QED) is 0.680. The van der Waals surface area contributed by atoms with E-state index in [1.807, 2.05) is 26.0 Å². The van der Waals surface area contributed by atoms with Crippen molar-refractivity contribution < 1.29 is 9.66 Å². The van der Waals surface area contributed by atoms with Crippen LogP contribution in [0.2, 0.25) is 0 Å². The number of nitrogens with one attached hydrogen (secondary N) is 1. The number of nitro groups is 1. The van der Waals surface area contributed by atoms with Crippen molar-refractivity contribution in [3.63, 3.8) is 0 Å². The van der Waals surface area contributed by atoms with Gasteiger partial charge in [-0.15, -0.1) is 0 Å². The Morgan fingerprint density at radius 2 is 2.24 bits per heavy atom. The monoisotopic (exact) mass is 291 g/mol. The average Bonchev–Trinajstić information content (AvgIpc) is 2.99. The molecule has 2 aliphatic heterocycles. The first-order chi connectivity index (χ1) is 10.1. The molecule has 0 aliphatic carbocycles. The van der Waals surface area contributed by atoms with Gasteiger partial charge in [-0.2, -0.15) is 0 Å². The van der Waals surface area contributed by atoms with Gasteiger partial charge in [0.15, 0.2) is 5.75 Å². The molecule has 2 aliphatic rings. The molecule has 1 aromatic rings. The standard InChI is InChI=1S/C15H21N3O3/c1-10(2)21-14-5-3-4-12(15(14)18(19)20)17-7-6-11-8-16-9-13(11)17/h3-5,10-11,13,16H,6-9H2,1-2H3/t11-,13+/m0/s1. The van der Waals surface area contributed by atoms with Crippen LogP contribution >= 0.6 is 0 Å². The summed E-state index contributed by atoms with van der Waals surface area (Å²) in [5, 5.41) is 14.9. The maximum absolute atomic E-state index is 11.6. The van der Waals surface area contributed by atoms with Crippen LogP contribution in [0, 0.1) is 16.0 Å². The molecular formula is C15H21N3O3. The fourth-order valence-corrected chi connectivity index (χ4v) is 3.42. The van der Waals surface area contributed by atoms with Crippen molar-refractivity contribution >= 4 is 11.4 Å². The van der Waals surface area contributed by atoms with E-state index < -0.39 is 0 Å². The van der Waals surface area contributed by atoms with Crippen LogP contribution in [-0.2, 0) is 0 Å². The average molecular weight is 291 g/mol. The van der Waals surface area contributed by atoms with E-state index in [2.05, 4.69) is 10.2 Å². The molecule has 0 radical (unpaired) electrons. The van der Waals surface area contributed by atoms with Gasteiger partial charge in [0.2, 0.25) is 0 Å². The molecule has 2 heterocycles. The number of nitrogens with zero attached hydrogens (tertiary/aromatic N) is 2. The summed E-state index contributed by atoms with van der Waals surface area (Å²) in [5.41, 5.74) is 0.785. The fourth-order valence-electron chi connectivity index (χ4n) is 3.42. The normalized spacial score (nSPS) is 24.4. The number of rotatable bonds is 4. The van der Waals surface area contributed by atoms with E-state index in [4.69, 9.17) is 4.74 Å². The number of hydrogen-bond donors (Lipinski definition) is 1. The molecule has 1 aromatic carbocycles. The zero-order chi connectivity index (χ0) is 15.0. The molecule has 3 rings (SSSR count). The summed E-state index contributed by atoms with van der Waals surface area (Å²) < 4.78 is 5.63. The van der Waals surface area contributed by atoms with Crippen molar-refractivity contribution in [1.82, 2.24) is 5.32 Å². The molecule has 2 atom stereocenters. The molecule has 0 spiro atoms. The molecule has 0 amide bonds. The number of para-hydroxylation sites is 1. The Hall–Kier alpha value is -1.82. The first-order valence-corrected chi connectivity index (χ1v) is 7.49. The summed E-state index contributed by atoms with van der Waals surface area (Å²) in [5.74, 6) is 0.959. The van der Waals surface area contributed by atoms with Gasteiger partial charge in [0.05, 0.1) is 11.0 Å². The van der Waals surface area contributed by atoms with Crippen LogP contribution in [0.4, 0.5) is 11.4 Å². The highest BCUT2D eigenvalue weighted by Gasteiger charge is 2.40. The zero-order valence-electron chi connectivity index (χ0n) is 12.4. The fraction of sp³-hybridized carbons (Fsp3) is 0.600. The molecule has 0 aromatic heterocycles. The van der Waals surface area contributed by atoms with Gasteiger partial charge in [-0.25, -0.2) is 0 Å². The van der Waals surface area contributed by atoms with Gasteiger partial charge in [-0.1, -0.05) is 6.07 Å². The van der Waals surface area contributed by atoms with Gasteiger partial charge in [0.25, 0.3) is 0 Å². The Morgan fingerprint density at radius 1 is 1.43 bits per heavy atom. The van der Waals surface area contributed by atoms with E-state index in [0.717, 1.165) is 26.1 Å². The summed E-state index contributed by atoms with van der Waals surface area (Å²) in [6, 6.07) is 5.72. The van der Waals surface area contributed by atoms with Crippen molar-refractivity contribution in [1.29, 1.82) is 0 Å². The predicted molar refractivity (Wildman–Crippen MR) is 81.0 cm³/mol. The maximum atomic E-state index is 11.6. The minimum atomic E-state index is -0.317. The van der Waals surface area contributed by atoms with E-state index in [1.54, 1.807) is 6.07 Å². The molecule has 2 fully saturated rings. The Bertz CT molecular complexity index is 547. The Kier molecular flexibility index (Phi) is 3.71. The lowest BCUT2D eigenvalue weighted by Crippen LogP contribution is -2.34. The molecule has 6 nitrogen and oxygen atoms in total. The largest absolute Gasteiger partial charge is 0.484 e. The minimum Gasteiger partial charge on any atom is -0.484 e. The second-order valence-corrected chi connectivity index (χ2v) is 6.02. The number of anilines is 1. The summed E-state index contributed by atoms with van der Waals surface area (Å²) in [6.45, 7) is 6.55. The third kappa shape index (κ3) is 2.55. The minimum absolute atomic E-state index is 0.0848. The summed E-state index contributed by atoms with van der Waals surface area (Å²) in [6.07, 6.45) is 1.00. The summed E-state index contributed by atoms with van der Waals surface area (Å²) in [7, 11) is 0. The summed E-state index contributed by atoms with van der Waals surface area (Å²) >= 11 is 0. The van der Waals surface area contributed by atoms with Gasteiger partial charge in [0, 0.05) is 25.7 Å². The van der Waals surface area contributed by atoms with Crippen LogP contribution in [0.15, 0.2) is 18.2 Å². The number of benzene rings is 1. The first-order valence-electron chi connectivity index (χ1n) is 7.49. The Labute approximate surface area is 124 Å². The Morgan fingerprint density at radius 3 is 2.95 bits per heavy atom. The van der Waals surface area contributed by atoms with Gasteiger partial charge in [0.1, 0.15) is 5.69 Å². The van der Waals surface area contributed by atoms with E-state index >= 15 is 0 Å². The van der Waals surface area contributed by atoms with Gasteiger partial charge >= 0.3 is 5.69 Å². The molecule has 2 saturated heterocycles. The molecule has 0 saturated carbocycles. The molecule has 21 heavy (non-hydrogen) atoms. The first kappa shape index (κ1) is 14.1. The maximum Gasteiger partial charge on any atom is 0.333 e. The van der Waals surface area contributed by atoms with E-state index in [-0.39, 0.29) is 16.7 Å². The highest BCUT2D eigenvalue weighted by molar-refractivity contribution is 5.70. The van der Waals surface area contributed by atoms with Crippen LogP contribution in [0.1, 0.15) is 20.3 Å². The Balaban J connectivity index is 1.99. The van der Waals surface area contributed by atoms with Crippen molar-refractivity contribution in [2.45, 2.75) is 32.4 Å². The van der Waals surface area contributed by atoms with E-state index in [9.17, 15) is 10.1 Å². The van der Waals surface area contributed by atoms with Crippen LogP contribution in [0.3, 0.4) is 0 Å². The number of ether oxygens (including phenoxy) is 1. The van der Waals surface area contributed by atoms with Crippen LogP contribution in [-0.4, -0.2) is 36.7 Å². The molecular weight excluding hydrogens is 270 g/mol. The van der Waals surface area contributed by atoms with E-state index in [1.165, 1.54) is 0 Å².